The smallest absolute Gasteiger partial charge is 0.350 e. The molecule has 0 aromatic heterocycles. The number of hydrogen-bond donors (Lipinski definition) is 1. The molecule has 0 aliphatic carbocycles. The van der Waals surface area contributed by atoms with Crippen LogP contribution in [0, 0.1) is 0 Å². The molecule has 1 fully saturated rings. The van der Waals surface area contributed by atoms with Crippen molar-refractivity contribution in [3.05, 3.63) is 35.4 Å². The van der Waals surface area contributed by atoms with E-state index in [0.717, 1.165) is 32.0 Å². The monoisotopic (exact) mass is 300 g/mol. The molecule has 0 saturated carbocycles. The number of benzene rings is 1. The maximum Gasteiger partial charge on any atom is 0.417 e. The van der Waals surface area contributed by atoms with E-state index in [1.807, 2.05) is 6.92 Å². The highest BCUT2D eigenvalue weighted by molar-refractivity contribution is 5.95. The van der Waals surface area contributed by atoms with Crippen molar-refractivity contribution in [2.24, 2.45) is 0 Å². The molecule has 1 atom stereocenters. The van der Waals surface area contributed by atoms with E-state index in [1.165, 1.54) is 18.2 Å². The summed E-state index contributed by atoms with van der Waals surface area (Å²) in [5.74, 6) is -0.661. The van der Waals surface area contributed by atoms with Gasteiger partial charge in [0, 0.05) is 12.6 Å². The first-order chi connectivity index (χ1) is 9.93. The van der Waals surface area contributed by atoms with Crippen molar-refractivity contribution in [1.82, 2.24) is 10.2 Å². The highest BCUT2D eigenvalue weighted by Gasteiger charge is 2.35. The van der Waals surface area contributed by atoms with Gasteiger partial charge in [-0.3, -0.25) is 9.69 Å². The van der Waals surface area contributed by atoms with Gasteiger partial charge in [0.05, 0.1) is 11.1 Å². The van der Waals surface area contributed by atoms with E-state index in [0.29, 0.717) is 6.54 Å². The molecule has 1 saturated heterocycles. The molecule has 21 heavy (non-hydrogen) atoms. The number of carbonyl (C=O) groups excluding carboxylic acids is 1. The lowest BCUT2D eigenvalue weighted by molar-refractivity contribution is -0.137. The number of nitrogens with zero attached hydrogens (tertiary/aromatic N) is 1. The Balaban J connectivity index is 2.04. The minimum Gasteiger partial charge on any atom is -0.350 e. The summed E-state index contributed by atoms with van der Waals surface area (Å²) in [5, 5.41) is 2.64. The molecule has 1 aromatic rings. The molecule has 116 valence electrons. The van der Waals surface area contributed by atoms with Gasteiger partial charge in [0.25, 0.3) is 5.91 Å². The Kier molecular flexibility index (Phi) is 4.88. The van der Waals surface area contributed by atoms with E-state index in [2.05, 4.69) is 10.2 Å². The molecular weight excluding hydrogens is 281 g/mol. The minimum absolute atomic E-state index is 0.219. The van der Waals surface area contributed by atoms with Crippen LogP contribution >= 0.6 is 0 Å². The summed E-state index contributed by atoms with van der Waals surface area (Å²) < 4.78 is 38.6. The van der Waals surface area contributed by atoms with Crippen molar-refractivity contribution in [2.75, 3.05) is 19.6 Å². The van der Waals surface area contributed by atoms with Gasteiger partial charge < -0.3 is 5.32 Å². The first kappa shape index (κ1) is 15.8. The third-order valence-corrected chi connectivity index (χ3v) is 3.88. The van der Waals surface area contributed by atoms with Gasteiger partial charge in [0.15, 0.2) is 0 Å². The fourth-order valence-electron chi connectivity index (χ4n) is 2.78. The van der Waals surface area contributed by atoms with Crippen LogP contribution in [0.1, 0.15) is 35.7 Å². The molecule has 1 aromatic carbocycles. The molecule has 1 amide bonds. The molecule has 1 heterocycles. The first-order valence-corrected chi connectivity index (χ1v) is 7.12. The third kappa shape index (κ3) is 3.75. The van der Waals surface area contributed by atoms with Crippen molar-refractivity contribution >= 4 is 5.91 Å². The number of hydrogen-bond acceptors (Lipinski definition) is 2. The van der Waals surface area contributed by atoms with Crippen LogP contribution in [0.15, 0.2) is 24.3 Å². The van der Waals surface area contributed by atoms with Crippen LogP contribution in [-0.2, 0) is 6.18 Å². The van der Waals surface area contributed by atoms with Crippen molar-refractivity contribution < 1.29 is 18.0 Å². The van der Waals surface area contributed by atoms with Gasteiger partial charge in [-0.1, -0.05) is 19.1 Å². The summed E-state index contributed by atoms with van der Waals surface area (Å²) >= 11 is 0. The third-order valence-electron chi connectivity index (χ3n) is 3.88. The second kappa shape index (κ2) is 6.47. The van der Waals surface area contributed by atoms with Crippen LogP contribution in [0.25, 0.3) is 0 Å². The number of likely N-dealkylation sites (tertiary alicyclic amines) is 1. The van der Waals surface area contributed by atoms with Crippen LogP contribution in [0.2, 0.25) is 0 Å². The Bertz CT molecular complexity index is 502. The Morgan fingerprint density at radius 2 is 2.10 bits per heavy atom. The predicted octanol–water partition coefficient (Wildman–Crippen LogP) is 2.92. The van der Waals surface area contributed by atoms with E-state index in [-0.39, 0.29) is 11.6 Å². The molecule has 1 aliphatic heterocycles. The van der Waals surface area contributed by atoms with Crippen LogP contribution in [0.3, 0.4) is 0 Å². The Hall–Kier alpha value is -1.56. The summed E-state index contributed by atoms with van der Waals surface area (Å²) in [6, 6.07) is 5.10. The fourth-order valence-corrected chi connectivity index (χ4v) is 2.78. The maximum absolute atomic E-state index is 12.9. The van der Waals surface area contributed by atoms with Crippen molar-refractivity contribution in [2.45, 2.75) is 32.0 Å². The number of alkyl halides is 3. The largest absolute Gasteiger partial charge is 0.417 e. The van der Waals surface area contributed by atoms with E-state index >= 15 is 0 Å². The average Bonchev–Trinajstić information content (AvgIpc) is 2.91. The topological polar surface area (TPSA) is 32.3 Å². The zero-order valence-corrected chi connectivity index (χ0v) is 11.9. The van der Waals surface area contributed by atoms with E-state index in [4.69, 9.17) is 0 Å². The van der Waals surface area contributed by atoms with Gasteiger partial charge >= 0.3 is 6.18 Å². The number of nitrogens with one attached hydrogen (secondary N) is 1. The van der Waals surface area contributed by atoms with Crippen molar-refractivity contribution in [3.63, 3.8) is 0 Å². The predicted molar refractivity (Wildman–Crippen MR) is 74.0 cm³/mol. The molecule has 2 rings (SSSR count). The Morgan fingerprint density at radius 1 is 1.38 bits per heavy atom. The highest BCUT2D eigenvalue weighted by Crippen LogP contribution is 2.31. The van der Waals surface area contributed by atoms with Gasteiger partial charge in [0.2, 0.25) is 0 Å². The van der Waals surface area contributed by atoms with Gasteiger partial charge in [-0.15, -0.1) is 0 Å². The summed E-state index contributed by atoms with van der Waals surface area (Å²) in [6.07, 6.45) is -2.49. The Labute approximate surface area is 122 Å². The maximum atomic E-state index is 12.9. The second-order valence-electron chi connectivity index (χ2n) is 5.18. The van der Waals surface area contributed by atoms with Crippen LogP contribution in [-0.4, -0.2) is 36.5 Å². The number of likely N-dealkylation sites (N-methyl/N-ethyl adjacent to an activating group) is 1. The SMILES string of the molecule is CCN1CCCC1CNC(=O)c1ccccc1C(F)(F)F. The average molecular weight is 300 g/mol. The standard InChI is InChI=1S/C15H19F3N2O/c1-2-20-9-5-6-11(20)10-19-14(21)12-7-3-4-8-13(12)15(16,17)18/h3-4,7-8,11H,2,5-6,9-10H2,1H3,(H,19,21). The summed E-state index contributed by atoms with van der Waals surface area (Å²) in [4.78, 5) is 14.3. The molecule has 1 aliphatic rings. The van der Waals surface area contributed by atoms with Crippen LogP contribution < -0.4 is 5.32 Å². The summed E-state index contributed by atoms with van der Waals surface area (Å²) in [5.41, 5.74) is -1.20. The van der Waals surface area contributed by atoms with Gasteiger partial charge in [-0.2, -0.15) is 13.2 Å². The van der Waals surface area contributed by atoms with Crippen molar-refractivity contribution in [1.29, 1.82) is 0 Å². The lowest BCUT2D eigenvalue weighted by atomic mass is 10.1. The lowest BCUT2D eigenvalue weighted by Gasteiger charge is -2.23. The lowest BCUT2D eigenvalue weighted by Crippen LogP contribution is -2.40. The fraction of sp³-hybridized carbons (Fsp3) is 0.533. The number of halogens is 3. The van der Waals surface area contributed by atoms with Gasteiger partial charge in [0.1, 0.15) is 0 Å². The van der Waals surface area contributed by atoms with Gasteiger partial charge in [-0.05, 0) is 38.1 Å². The molecule has 1 N–H and O–H groups in total. The molecule has 0 bridgehead atoms. The van der Waals surface area contributed by atoms with E-state index in [9.17, 15) is 18.0 Å². The molecule has 0 spiro atoms. The summed E-state index contributed by atoms with van der Waals surface area (Å²) in [6.45, 7) is 4.30. The molecule has 6 heteroatoms. The second-order valence-corrected chi connectivity index (χ2v) is 5.18. The van der Waals surface area contributed by atoms with E-state index in [1.54, 1.807) is 0 Å². The normalized spacial score (nSPS) is 19.7. The van der Waals surface area contributed by atoms with Crippen molar-refractivity contribution in [3.8, 4) is 0 Å². The van der Waals surface area contributed by atoms with Gasteiger partial charge in [-0.25, -0.2) is 0 Å². The quantitative estimate of drug-likeness (QED) is 0.927. The number of carbonyl (C=O) groups is 1. The first-order valence-electron chi connectivity index (χ1n) is 7.12. The molecule has 1 unspecified atom stereocenters. The zero-order valence-electron chi connectivity index (χ0n) is 11.9. The zero-order chi connectivity index (χ0) is 15.5. The number of rotatable bonds is 4. The highest BCUT2D eigenvalue weighted by atomic mass is 19.4. The molecule has 0 radical (unpaired) electrons. The number of amides is 1. The molecular formula is C15H19F3N2O. The van der Waals surface area contributed by atoms with E-state index < -0.39 is 17.6 Å². The van der Waals surface area contributed by atoms with Crippen LogP contribution in [0.5, 0.6) is 0 Å². The van der Waals surface area contributed by atoms with Crippen LogP contribution in [0.4, 0.5) is 13.2 Å². The Morgan fingerprint density at radius 3 is 2.76 bits per heavy atom. The molecule has 3 nitrogen and oxygen atoms in total. The minimum atomic E-state index is -4.52. The summed E-state index contributed by atoms with van der Waals surface area (Å²) in [7, 11) is 0.